The Morgan fingerprint density at radius 3 is 2.22 bits per heavy atom. The minimum absolute atomic E-state index is 0.0117. The fourth-order valence-electron chi connectivity index (χ4n) is 2.41. The second-order valence-electron chi connectivity index (χ2n) is 5.11. The van der Waals surface area contributed by atoms with Gasteiger partial charge in [0.1, 0.15) is 5.52 Å². The highest BCUT2D eigenvalue weighted by molar-refractivity contribution is 8.13. The topological polar surface area (TPSA) is 93.9 Å². The summed E-state index contributed by atoms with van der Waals surface area (Å²) in [6, 6.07) is 7.56. The van der Waals surface area contributed by atoms with Gasteiger partial charge in [0.2, 0.25) is 0 Å². The van der Waals surface area contributed by atoms with Crippen molar-refractivity contribution in [3.63, 3.8) is 0 Å². The summed E-state index contributed by atoms with van der Waals surface area (Å²) in [5.74, 6) is 0. The van der Waals surface area contributed by atoms with E-state index >= 15 is 0 Å². The highest BCUT2D eigenvalue weighted by atomic mass is 35.7. The number of nitrogens with zero attached hydrogens (tertiary/aromatic N) is 2. The molecular formula is C14H12ClN3O4S. The Hall–Kier alpha value is -2.32. The third kappa shape index (κ3) is 2.49. The molecule has 23 heavy (non-hydrogen) atoms. The molecular weight excluding hydrogens is 342 g/mol. The van der Waals surface area contributed by atoms with Crippen LogP contribution in [0.1, 0.15) is 0 Å². The summed E-state index contributed by atoms with van der Waals surface area (Å²) in [5, 5.41) is 0. The number of halogens is 1. The molecule has 3 aromatic rings. The first kappa shape index (κ1) is 15.6. The highest BCUT2D eigenvalue weighted by Gasteiger charge is 2.14. The summed E-state index contributed by atoms with van der Waals surface area (Å²) >= 11 is 0. The lowest BCUT2D eigenvalue weighted by Crippen LogP contribution is -2.36. The van der Waals surface area contributed by atoms with E-state index in [4.69, 9.17) is 10.7 Å². The fourth-order valence-corrected chi connectivity index (χ4v) is 3.18. The lowest BCUT2D eigenvalue weighted by atomic mass is 10.1. The van der Waals surface area contributed by atoms with E-state index in [1.165, 1.54) is 23.7 Å². The minimum atomic E-state index is -3.79. The van der Waals surface area contributed by atoms with Crippen molar-refractivity contribution in [1.29, 1.82) is 0 Å². The molecule has 9 heteroatoms. The number of aromatic amines is 1. The van der Waals surface area contributed by atoms with Gasteiger partial charge in [-0.05, 0) is 23.8 Å². The van der Waals surface area contributed by atoms with Crippen LogP contribution in [0.3, 0.4) is 0 Å². The van der Waals surface area contributed by atoms with Gasteiger partial charge in [-0.15, -0.1) is 0 Å². The maximum Gasteiger partial charge on any atom is 0.331 e. The van der Waals surface area contributed by atoms with E-state index < -0.39 is 20.3 Å². The molecule has 0 amide bonds. The first-order valence-electron chi connectivity index (χ1n) is 6.54. The molecule has 1 aromatic carbocycles. The number of aromatic nitrogens is 3. The van der Waals surface area contributed by atoms with Crippen LogP contribution >= 0.6 is 10.7 Å². The molecule has 1 N–H and O–H groups in total. The van der Waals surface area contributed by atoms with Crippen LogP contribution in [0.4, 0.5) is 0 Å². The van der Waals surface area contributed by atoms with E-state index in [0.717, 1.165) is 4.57 Å². The summed E-state index contributed by atoms with van der Waals surface area (Å²) in [6.07, 6.45) is 0. The number of hydrogen-bond donors (Lipinski definition) is 1. The zero-order valence-electron chi connectivity index (χ0n) is 12.2. The van der Waals surface area contributed by atoms with Crippen LogP contribution in [0.15, 0.2) is 44.8 Å². The number of benzene rings is 1. The smallest absolute Gasteiger partial charge is 0.331 e. The predicted molar refractivity (Wildman–Crippen MR) is 87.3 cm³/mol. The van der Waals surface area contributed by atoms with Gasteiger partial charge >= 0.3 is 5.69 Å². The number of nitrogens with one attached hydrogen (secondary N) is 1. The summed E-state index contributed by atoms with van der Waals surface area (Å²) in [4.78, 5) is 27.0. The first-order chi connectivity index (χ1) is 10.7. The van der Waals surface area contributed by atoms with Crippen LogP contribution in [0, 0.1) is 0 Å². The molecule has 2 aromatic heterocycles. The SMILES string of the molecule is Cn1c(=O)c2[nH]c(-c3ccc(S(=O)(=O)Cl)cc3)cc2n(C)c1=O. The van der Waals surface area contributed by atoms with Crippen LogP contribution in [0.2, 0.25) is 0 Å². The second-order valence-corrected chi connectivity index (χ2v) is 7.68. The van der Waals surface area contributed by atoms with Crippen molar-refractivity contribution >= 4 is 30.8 Å². The number of rotatable bonds is 2. The zero-order chi connectivity index (χ0) is 16.9. The molecule has 0 spiro atoms. The van der Waals surface area contributed by atoms with Crippen molar-refractivity contribution in [2.24, 2.45) is 14.1 Å². The van der Waals surface area contributed by atoms with Gasteiger partial charge in [0, 0.05) is 30.5 Å². The summed E-state index contributed by atoms with van der Waals surface area (Å²) in [7, 11) is 4.47. The van der Waals surface area contributed by atoms with Gasteiger partial charge in [-0.25, -0.2) is 13.2 Å². The van der Waals surface area contributed by atoms with E-state index in [1.807, 2.05) is 0 Å². The van der Waals surface area contributed by atoms with E-state index in [0.29, 0.717) is 22.3 Å². The zero-order valence-corrected chi connectivity index (χ0v) is 13.8. The van der Waals surface area contributed by atoms with E-state index in [2.05, 4.69) is 4.98 Å². The fraction of sp³-hybridized carbons (Fsp3) is 0.143. The molecule has 0 atom stereocenters. The summed E-state index contributed by atoms with van der Waals surface area (Å²) < 4.78 is 24.9. The van der Waals surface area contributed by atoms with Gasteiger partial charge in [-0.2, -0.15) is 0 Å². The second kappa shape index (κ2) is 5.10. The van der Waals surface area contributed by atoms with Gasteiger partial charge in [-0.3, -0.25) is 13.9 Å². The Bertz CT molecular complexity index is 1140. The van der Waals surface area contributed by atoms with Crippen molar-refractivity contribution < 1.29 is 8.42 Å². The molecule has 0 unspecified atom stereocenters. The van der Waals surface area contributed by atoms with Crippen LogP contribution in [-0.4, -0.2) is 22.5 Å². The van der Waals surface area contributed by atoms with E-state index in [1.54, 1.807) is 25.2 Å². The maximum absolute atomic E-state index is 12.2. The molecule has 0 bridgehead atoms. The molecule has 0 saturated heterocycles. The van der Waals surface area contributed by atoms with Crippen LogP contribution in [0.5, 0.6) is 0 Å². The van der Waals surface area contributed by atoms with Crippen molar-refractivity contribution in [3.8, 4) is 11.3 Å². The van der Waals surface area contributed by atoms with Crippen LogP contribution < -0.4 is 11.2 Å². The monoisotopic (exact) mass is 353 g/mol. The van der Waals surface area contributed by atoms with Crippen molar-refractivity contribution in [3.05, 3.63) is 51.2 Å². The Morgan fingerprint density at radius 1 is 1.04 bits per heavy atom. The third-order valence-corrected chi connectivity index (χ3v) is 5.07. The van der Waals surface area contributed by atoms with Gasteiger partial charge in [0.15, 0.2) is 0 Å². The summed E-state index contributed by atoms with van der Waals surface area (Å²) in [5.41, 5.74) is 1.20. The quantitative estimate of drug-likeness (QED) is 0.699. The van der Waals surface area contributed by atoms with Crippen LogP contribution in [-0.2, 0) is 23.1 Å². The van der Waals surface area contributed by atoms with Gasteiger partial charge in [-0.1, -0.05) is 12.1 Å². The number of aryl methyl sites for hydroxylation is 1. The molecule has 3 rings (SSSR count). The Morgan fingerprint density at radius 2 is 1.65 bits per heavy atom. The molecule has 7 nitrogen and oxygen atoms in total. The molecule has 0 saturated carbocycles. The normalized spacial score (nSPS) is 12.0. The summed E-state index contributed by atoms with van der Waals surface area (Å²) in [6.45, 7) is 0. The van der Waals surface area contributed by atoms with Gasteiger partial charge in [0.25, 0.3) is 14.6 Å². The molecule has 0 aliphatic heterocycles. The number of H-pyrrole nitrogens is 1. The lowest BCUT2D eigenvalue weighted by Gasteiger charge is -2.02. The molecule has 2 heterocycles. The van der Waals surface area contributed by atoms with Crippen LogP contribution in [0.25, 0.3) is 22.3 Å². The predicted octanol–water partition coefficient (Wildman–Crippen LogP) is 1.16. The first-order valence-corrected chi connectivity index (χ1v) is 8.85. The Balaban J connectivity index is 2.22. The van der Waals surface area contributed by atoms with Crippen molar-refractivity contribution in [1.82, 2.24) is 14.1 Å². The van der Waals surface area contributed by atoms with E-state index in [-0.39, 0.29) is 4.90 Å². The lowest BCUT2D eigenvalue weighted by molar-refractivity contribution is 0.609. The van der Waals surface area contributed by atoms with Crippen molar-refractivity contribution in [2.45, 2.75) is 4.90 Å². The molecule has 0 fully saturated rings. The molecule has 0 aliphatic carbocycles. The standard InChI is InChI=1S/C14H12ClN3O4S/c1-17-11-7-10(16-12(11)13(19)18(2)14(17)20)8-3-5-9(6-4-8)23(15,21)22/h3-7,16H,1-2H3. The maximum atomic E-state index is 12.2. The Kier molecular flexibility index (Phi) is 3.46. The van der Waals surface area contributed by atoms with Crippen molar-refractivity contribution in [2.75, 3.05) is 0 Å². The molecule has 0 aliphatic rings. The van der Waals surface area contributed by atoms with E-state index in [9.17, 15) is 18.0 Å². The number of hydrogen-bond acceptors (Lipinski definition) is 4. The molecule has 0 radical (unpaired) electrons. The van der Waals surface area contributed by atoms with Gasteiger partial charge in [0.05, 0.1) is 10.4 Å². The average Bonchev–Trinajstić information content (AvgIpc) is 2.95. The van der Waals surface area contributed by atoms with Gasteiger partial charge < -0.3 is 4.98 Å². The third-order valence-electron chi connectivity index (χ3n) is 3.70. The largest absolute Gasteiger partial charge is 0.349 e. The highest BCUT2D eigenvalue weighted by Crippen LogP contribution is 2.24. The number of fused-ring (bicyclic) bond motifs is 1. The minimum Gasteiger partial charge on any atom is -0.349 e. The Labute approximate surface area is 135 Å². The molecule has 120 valence electrons. The average molecular weight is 354 g/mol.